The molecule has 2 aromatic carbocycles. The van der Waals surface area contributed by atoms with Gasteiger partial charge in [-0.05, 0) is 74.0 Å². The molecular formula is C26H24FN3O3. The summed E-state index contributed by atoms with van der Waals surface area (Å²) in [6, 6.07) is 13.3. The third-order valence-electron chi connectivity index (χ3n) is 6.04. The molecule has 0 unspecified atom stereocenters. The van der Waals surface area contributed by atoms with Gasteiger partial charge < -0.3 is 20.0 Å². The van der Waals surface area contributed by atoms with Crippen molar-refractivity contribution in [3.63, 3.8) is 0 Å². The first-order chi connectivity index (χ1) is 16.1. The summed E-state index contributed by atoms with van der Waals surface area (Å²) in [7, 11) is 0. The first-order valence-corrected chi connectivity index (χ1v) is 11.1. The molecule has 7 heteroatoms. The Morgan fingerprint density at radius 1 is 1.12 bits per heavy atom. The van der Waals surface area contributed by atoms with Crippen molar-refractivity contribution in [2.24, 2.45) is 0 Å². The molecule has 2 amide bonds. The first-order valence-electron chi connectivity index (χ1n) is 11.1. The Morgan fingerprint density at radius 3 is 2.82 bits per heavy atom. The van der Waals surface area contributed by atoms with Gasteiger partial charge in [-0.15, -0.1) is 0 Å². The molecule has 0 saturated carbocycles. The van der Waals surface area contributed by atoms with E-state index in [4.69, 9.17) is 4.42 Å². The molecule has 2 aliphatic heterocycles. The molecule has 33 heavy (non-hydrogen) atoms. The highest BCUT2D eigenvalue weighted by atomic mass is 19.1. The Kier molecular flexibility index (Phi) is 5.79. The van der Waals surface area contributed by atoms with Crippen LogP contribution in [0.15, 0.2) is 59.2 Å². The van der Waals surface area contributed by atoms with Crippen molar-refractivity contribution >= 4 is 29.2 Å². The Morgan fingerprint density at radius 2 is 1.97 bits per heavy atom. The van der Waals surface area contributed by atoms with E-state index in [1.54, 1.807) is 30.5 Å². The average Bonchev–Trinajstić information content (AvgIpc) is 3.56. The Bertz CT molecular complexity index is 1240. The van der Waals surface area contributed by atoms with E-state index >= 15 is 0 Å². The van der Waals surface area contributed by atoms with E-state index in [1.807, 2.05) is 18.2 Å². The largest absolute Gasteiger partial charge is 0.464 e. The fourth-order valence-corrected chi connectivity index (χ4v) is 4.30. The summed E-state index contributed by atoms with van der Waals surface area (Å²) in [6.07, 6.45) is 5.63. The van der Waals surface area contributed by atoms with Gasteiger partial charge in [0.05, 0.1) is 11.8 Å². The number of benzene rings is 2. The van der Waals surface area contributed by atoms with Gasteiger partial charge in [0, 0.05) is 35.5 Å². The third kappa shape index (κ3) is 4.59. The van der Waals surface area contributed by atoms with Crippen LogP contribution >= 0.6 is 0 Å². The SMILES string of the molecule is O=C1Nc2ccc(F)cc2/C1=C\c1cc(-c2cccc(C(=O)NCCN3CCCC3)c2)co1. The second-order valence-corrected chi connectivity index (χ2v) is 8.33. The lowest BCUT2D eigenvalue weighted by atomic mass is 10.0. The molecule has 1 saturated heterocycles. The zero-order valence-corrected chi connectivity index (χ0v) is 18.1. The maximum Gasteiger partial charge on any atom is 0.256 e. The minimum absolute atomic E-state index is 0.108. The standard InChI is InChI=1S/C26H24FN3O3/c27-20-6-7-24-22(14-20)23(26(32)29-24)15-21-13-19(16-33-21)17-4-3-5-18(12-17)25(31)28-8-11-30-9-1-2-10-30/h3-7,12-16H,1-2,8-11H2,(H,28,31)(H,29,32)/b23-15+. The summed E-state index contributed by atoms with van der Waals surface area (Å²) < 4.78 is 19.3. The van der Waals surface area contributed by atoms with E-state index in [0.717, 1.165) is 30.8 Å². The van der Waals surface area contributed by atoms with Gasteiger partial charge in [0.15, 0.2) is 0 Å². The van der Waals surface area contributed by atoms with E-state index in [2.05, 4.69) is 15.5 Å². The molecule has 0 aliphatic carbocycles. The first kappa shape index (κ1) is 21.2. The molecule has 0 radical (unpaired) electrons. The molecule has 0 bridgehead atoms. The number of halogens is 1. The normalized spacial score (nSPS) is 16.8. The van der Waals surface area contributed by atoms with Crippen LogP contribution in [-0.4, -0.2) is 42.9 Å². The number of likely N-dealkylation sites (tertiary alicyclic amines) is 1. The van der Waals surface area contributed by atoms with Crippen LogP contribution in [-0.2, 0) is 4.79 Å². The van der Waals surface area contributed by atoms with Gasteiger partial charge in [-0.25, -0.2) is 4.39 Å². The van der Waals surface area contributed by atoms with Gasteiger partial charge in [0.1, 0.15) is 11.6 Å². The molecule has 2 N–H and O–H groups in total. The van der Waals surface area contributed by atoms with Crippen LogP contribution in [0.5, 0.6) is 0 Å². The highest BCUT2D eigenvalue weighted by molar-refractivity contribution is 6.34. The van der Waals surface area contributed by atoms with Crippen LogP contribution in [0.4, 0.5) is 10.1 Å². The van der Waals surface area contributed by atoms with Crippen LogP contribution < -0.4 is 10.6 Å². The van der Waals surface area contributed by atoms with E-state index in [-0.39, 0.29) is 11.8 Å². The molecule has 168 valence electrons. The van der Waals surface area contributed by atoms with Crippen molar-refractivity contribution < 1.29 is 18.4 Å². The van der Waals surface area contributed by atoms with Crippen molar-refractivity contribution in [2.75, 3.05) is 31.5 Å². The number of hydrogen-bond donors (Lipinski definition) is 2. The highest BCUT2D eigenvalue weighted by Crippen LogP contribution is 2.34. The number of carbonyl (C=O) groups excluding carboxylic acids is 2. The summed E-state index contributed by atoms with van der Waals surface area (Å²) in [4.78, 5) is 27.3. The number of nitrogens with zero attached hydrogens (tertiary/aromatic N) is 1. The van der Waals surface area contributed by atoms with Crippen LogP contribution in [0.2, 0.25) is 0 Å². The van der Waals surface area contributed by atoms with E-state index in [1.165, 1.54) is 25.0 Å². The molecule has 0 atom stereocenters. The fourth-order valence-electron chi connectivity index (χ4n) is 4.30. The van der Waals surface area contributed by atoms with Crippen LogP contribution in [0.1, 0.15) is 34.5 Å². The summed E-state index contributed by atoms with van der Waals surface area (Å²) in [5.41, 5.74) is 3.61. The molecule has 3 aromatic rings. The van der Waals surface area contributed by atoms with Gasteiger partial charge in [-0.3, -0.25) is 9.59 Å². The van der Waals surface area contributed by atoms with Crippen molar-refractivity contribution in [2.45, 2.75) is 12.8 Å². The Labute approximate surface area is 191 Å². The van der Waals surface area contributed by atoms with Gasteiger partial charge in [-0.1, -0.05) is 12.1 Å². The molecule has 5 rings (SSSR count). The van der Waals surface area contributed by atoms with Gasteiger partial charge in [0.2, 0.25) is 0 Å². The lowest BCUT2D eigenvalue weighted by molar-refractivity contribution is -0.110. The molecule has 1 fully saturated rings. The van der Waals surface area contributed by atoms with E-state index in [9.17, 15) is 14.0 Å². The number of amides is 2. The minimum Gasteiger partial charge on any atom is -0.464 e. The highest BCUT2D eigenvalue weighted by Gasteiger charge is 2.25. The van der Waals surface area contributed by atoms with Gasteiger partial charge in [-0.2, -0.15) is 0 Å². The molecule has 1 aromatic heterocycles. The lowest BCUT2D eigenvalue weighted by Gasteiger charge is -2.14. The molecule has 3 heterocycles. The average molecular weight is 445 g/mol. The summed E-state index contributed by atoms with van der Waals surface area (Å²) in [5.74, 6) is -0.358. The van der Waals surface area contributed by atoms with Crippen molar-refractivity contribution in [1.29, 1.82) is 0 Å². The molecule has 2 aliphatic rings. The number of anilines is 1. The van der Waals surface area contributed by atoms with Gasteiger partial charge in [0.25, 0.3) is 11.8 Å². The molecular weight excluding hydrogens is 421 g/mol. The summed E-state index contributed by atoms with van der Waals surface area (Å²) in [5, 5.41) is 5.71. The number of furan rings is 1. The lowest BCUT2D eigenvalue weighted by Crippen LogP contribution is -2.33. The number of carbonyl (C=O) groups is 2. The van der Waals surface area contributed by atoms with Crippen molar-refractivity contribution in [3.8, 4) is 11.1 Å². The zero-order valence-electron chi connectivity index (χ0n) is 18.1. The smallest absolute Gasteiger partial charge is 0.256 e. The maximum absolute atomic E-state index is 13.7. The number of hydrogen-bond acceptors (Lipinski definition) is 4. The van der Waals surface area contributed by atoms with Crippen molar-refractivity contribution in [1.82, 2.24) is 10.2 Å². The number of rotatable bonds is 6. The number of nitrogens with one attached hydrogen (secondary N) is 2. The maximum atomic E-state index is 13.7. The van der Waals surface area contributed by atoms with E-state index in [0.29, 0.717) is 34.7 Å². The predicted molar refractivity (Wildman–Crippen MR) is 125 cm³/mol. The predicted octanol–water partition coefficient (Wildman–Crippen LogP) is 4.40. The summed E-state index contributed by atoms with van der Waals surface area (Å²) in [6.45, 7) is 3.70. The van der Waals surface area contributed by atoms with Crippen LogP contribution in [0, 0.1) is 5.82 Å². The zero-order chi connectivity index (χ0) is 22.8. The number of fused-ring (bicyclic) bond motifs is 1. The topological polar surface area (TPSA) is 74.6 Å². The Balaban J connectivity index is 1.30. The van der Waals surface area contributed by atoms with Gasteiger partial charge >= 0.3 is 0 Å². The fraction of sp³-hybridized carbons (Fsp3) is 0.231. The van der Waals surface area contributed by atoms with E-state index < -0.39 is 5.82 Å². The molecule has 0 spiro atoms. The molecule has 6 nitrogen and oxygen atoms in total. The van der Waals surface area contributed by atoms with Crippen molar-refractivity contribution in [3.05, 3.63) is 77.5 Å². The monoisotopic (exact) mass is 445 g/mol. The van der Waals surface area contributed by atoms with Crippen LogP contribution in [0.25, 0.3) is 22.8 Å². The third-order valence-corrected chi connectivity index (χ3v) is 6.04. The minimum atomic E-state index is -0.410. The summed E-state index contributed by atoms with van der Waals surface area (Å²) >= 11 is 0. The second kappa shape index (κ2) is 9.03. The Hall–Kier alpha value is -3.71. The quantitative estimate of drug-likeness (QED) is 0.552. The second-order valence-electron chi connectivity index (χ2n) is 8.33. The van der Waals surface area contributed by atoms with Crippen LogP contribution in [0.3, 0.4) is 0 Å².